The fraction of sp³-hybridized carbons (Fsp3) is 0.278. The first-order valence-corrected chi connectivity index (χ1v) is 7.71. The van der Waals surface area contributed by atoms with Gasteiger partial charge in [-0.05, 0) is 36.2 Å². The van der Waals surface area contributed by atoms with Gasteiger partial charge in [0.1, 0.15) is 6.61 Å². The van der Waals surface area contributed by atoms with Gasteiger partial charge >= 0.3 is 6.09 Å². The van der Waals surface area contributed by atoms with Crippen molar-refractivity contribution in [3.05, 3.63) is 60.2 Å². The predicted molar refractivity (Wildman–Crippen MR) is 89.5 cm³/mol. The van der Waals surface area contributed by atoms with Crippen molar-refractivity contribution in [1.82, 2.24) is 0 Å². The van der Waals surface area contributed by atoms with E-state index in [4.69, 9.17) is 4.74 Å². The van der Waals surface area contributed by atoms with Crippen LogP contribution in [0.15, 0.2) is 54.6 Å². The van der Waals surface area contributed by atoms with Gasteiger partial charge in [-0.3, -0.25) is 5.32 Å². The monoisotopic (exact) mass is 312 g/mol. The predicted octanol–water partition coefficient (Wildman–Crippen LogP) is 3.01. The summed E-state index contributed by atoms with van der Waals surface area (Å²) in [6.45, 7) is 1.76. The summed E-state index contributed by atoms with van der Waals surface area (Å²) in [5.41, 5.74) is 2.68. The highest BCUT2D eigenvalue weighted by molar-refractivity contribution is 5.84. The second kappa shape index (κ2) is 7.15. The number of benzene rings is 2. The molecule has 0 aromatic heterocycles. The Hall–Kier alpha value is -2.53. The molecule has 1 saturated heterocycles. The van der Waals surface area contributed by atoms with Crippen LogP contribution in [0.4, 0.5) is 16.2 Å². The Balaban J connectivity index is 1.50. The summed E-state index contributed by atoms with van der Waals surface area (Å²) >= 11 is 0. The Morgan fingerprint density at radius 1 is 1.17 bits per heavy atom. The molecular weight excluding hydrogens is 292 g/mol. The molecule has 0 aliphatic carbocycles. The Bertz CT molecular complexity index is 643. The van der Waals surface area contributed by atoms with Crippen LogP contribution in [0.3, 0.4) is 0 Å². The quantitative estimate of drug-likeness (QED) is 0.911. The third-order valence-electron chi connectivity index (χ3n) is 3.85. The van der Waals surface area contributed by atoms with Crippen molar-refractivity contribution in [2.24, 2.45) is 0 Å². The summed E-state index contributed by atoms with van der Waals surface area (Å²) in [5.74, 6) is 0. The number of amides is 1. The maximum Gasteiger partial charge on any atom is 0.411 e. The third kappa shape index (κ3) is 4.23. The molecule has 1 heterocycles. The number of carbonyl (C=O) groups excluding carboxylic acids is 1. The first kappa shape index (κ1) is 15.4. The molecule has 0 radical (unpaired) electrons. The van der Waals surface area contributed by atoms with Gasteiger partial charge in [0.05, 0.1) is 6.10 Å². The zero-order chi connectivity index (χ0) is 16.1. The minimum Gasteiger partial charge on any atom is -0.444 e. The van der Waals surface area contributed by atoms with Crippen molar-refractivity contribution in [3.8, 4) is 0 Å². The van der Waals surface area contributed by atoms with Crippen LogP contribution in [0, 0.1) is 0 Å². The summed E-state index contributed by atoms with van der Waals surface area (Å²) in [6.07, 6.45) is 0.0743. The van der Waals surface area contributed by atoms with Gasteiger partial charge in [-0.2, -0.15) is 0 Å². The van der Waals surface area contributed by atoms with Crippen LogP contribution in [0.5, 0.6) is 0 Å². The van der Waals surface area contributed by atoms with Crippen molar-refractivity contribution in [2.45, 2.75) is 19.1 Å². The summed E-state index contributed by atoms with van der Waals surface area (Å²) in [5, 5.41) is 12.3. The Kier molecular flexibility index (Phi) is 4.78. The summed E-state index contributed by atoms with van der Waals surface area (Å²) < 4.78 is 5.18. The molecule has 2 aromatic rings. The maximum atomic E-state index is 11.8. The van der Waals surface area contributed by atoms with E-state index in [1.807, 2.05) is 54.6 Å². The summed E-state index contributed by atoms with van der Waals surface area (Å²) in [4.78, 5) is 13.9. The number of hydrogen-bond donors (Lipinski definition) is 2. The smallest absolute Gasteiger partial charge is 0.411 e. The van der Waals surface area contributed by atoms with E-state index in [0.29, 0.717) is 12.2 Å². The highest BCUT2D eigenvalue weighted by atomic mass is 16.5. The minimum atomic E-state index is -0.474. The third-order valence-corrected chi connectivity index (χ3v) is 3.85. The number of carbonyl (C=O) groups is 1. The van der Waals surface area contributed by atoms with E-state index in [1.54, 1.807) is 0 Å². The molecule has 3 rings (SSSR count). The number of aliphatic hydroxyl groups excluding tert-OH is 1. The number of ether oxygens (including phenoxy) is 1. The number of nitrogens with zero attached hydrogens (tertiary/aromatic N) is 1. The number of nitrogens with one attached hydrogen (secondary N) is 1. The normalized spacial score (nSPS) is 17.1. The maximum absolute atomic E-state index is 11.8. The molecule has 2 N–H and O–H groups in total. The molecule has 1 aliphatic rings. The van der Waals surface area contributed by atoms with Gasteiger partial charge in [-0.25, -0.2) is 4.79 Å². The molecule has 0 bridgehead atoms. The van der Waals surface area contributed by atoms with Crippen molar-refractivity contribution < 1.29 is 14.6 Å². The topological polar surface area (TPSA) is 61.8 Å². The van der Waals surface area contributed by atoms with E-state index in [1.165, 1.54) is 0 Å². The number of anilines is 2. The number of hydrogen-bond acceptors (Lipinski definition) is 4. The molecule has 0 spiro atoms. The molecular formula is C18H20N2O3. The standard InChI is InChI=1S/C18H20N2O3/c21-17-10-11-20(12-17)16-8-6-15(7-9-16)19-18(22)23-13-14-4-2-1-3-5-14/h1-9,17,21H,10-13H2,(H,19,22). The van der Waals surface area contributed by atoms with Crippen LogP contribution < -0.4 is 10.2 Å². The average Bonchev–Trinajstić information content (AvgIpc) is 3.01. The lowest BCUT2D eigenvalue weighted by molar-refractivity contribution is 0.155. The van der Waals surface area contributed by atoms with E-state index in [9.17, 15) is 9.90 Å². The zero-order valence-electron chi connectivity index (χ0n) is 12.8. The van der Waals surface area contributed by atoms with Crippen LogP contribution in [-0.4, -0.2) is 30.4 Å². The molecule has 0 saturated carbocycles. The van der Waals surface area contributed by atoms with Crippen LogP contribution in [0.25, 0.3) is 0 Å². The van der Waals surface area contributed by atoms with E-state index in [-0.39, 0.29) is 12.7 Å². The molecule has 120 valence electrons. The van der Waals surface area contributed by atoms with Crippen molar-refractivity contribution in [2.75, 3.05) is 23.3 Å². The number of β-amino-alcohol motifs (C(OH)–C–C–N with tert-alkyl or cyclic N) is 1. The lowest BCUT2D eigenvalue weighted by Crippen LogP contribution is -2.21. The largest absolute Gasteiger partial charge is 0.444 e. The van der Waals surface area contributed by atoms with Crippen molar-refractivity contribution >= 4 is 17.5 Å². The van der Waals surface area contributed by atoms with E-state index < -0.39 is 6.09 Å². The molecule has 1 unspecified atom stereocenters. The molecule has 5 heteroatoms. The first-order valence-electron chi connectivity index (χ1n) is 7.71. The number of rotatable bonds is 4. The first-order chi connectivity index (χ1) is 11.2. The SMILES string of the molecule is O=C(Nc1ccc(N2CCC(O)C2)cc1)OCc1ccccc1. The zero-order valence-corrected chi connectivity index (χ0v) is 12.8. The second-order valence-electron chi connectivity index (χ2n) is 5.62. The van der Waals surface area contributed by atoms with Crippen LogP contribution in [0.1, 0.15) is 12.0 Å². The molecule has 1 fully saturated rings. The molecule has 1 atom stereocenters. The highest BCUT2D eigenvalue weighted by Gasteiger charge is 2.20. The lowest BCUT2D eigenvalue weighted by atomic mass is 10.2. The number of aliphatic hydroxyl groups is 1. The van der Waals surface area contributed by atoms with Gasteiger partial charge in [0.15, 0.2) is 0 Å². The molecule has 23 heavy (non-hydrogen) atoms. The van der Waals surface area contributed by atoms with E-state index in [0.717, 1.165) is 24.2 Å². The highest BCUT2D eigenvalue weighted by Crippen LogP contribution is 2.22. The van der Waals surface area contributed by atoms with Gasteiger partial charge in [0.25, 0.3) is 0 Å². The van der Waals surface area contributed by atoms with E-state index in [2.05, 4.69) is 10.2 Å². The van der Waals surface area contributed by atoms with E-state index >= 15 is 0 Å². The van der Waals surface area contributed by atoms with Crippen LogP contribution in [0.2, 0.25) is 0 Å². The lowest BCUT2D eigenvalue weighted by Gasteiger charge is -2.18. The Labute approximate surface area is 135 Å². The van der Waals surface area contributed by atoms with Crippen LogP contribution in [-0.2, 0) is 11.3 Å². The summed E-state index contributed by atoms with van der Waals surface area (Å²) in [7, 11) is 0. The van der Waals surface area contributed by atoms with Gasteiger partial charge < -0.3 is 14.7 Å². The summed E-state index contributed by atoms with van der Waals surface area (Å²) in [6, 6.07) is 17.1. The van der Waals surface area contributed by atoms with Crippen molar-refractivity contribution in [3.63, 3.8) is 0 Å². The second-order valence-corrected chi connectivity index (χ2v) is 5.62. The minimum absolute atomic E-state index is 0.246. The average molecular weight is 312 g/mol. The van der Waals surface area contributed by atoms with Gasteiger partial charge in [0.2, 0.25) is 0 Å². The van der Waals surface area contributed by atoms with Gasteiger partial charge in [0, 0.05) is 24.5 Å². The fourth-order valence-electron chi connectivity index (χ4n) is 2.61. The molecule has 2 aromatic carbocycles. The Morgan fingerprint density at radius 3 is 2.57 bits per heavy atom. The molecule has 1 aliphatic heterocycles. The Morgan fingerprint density at radius 2 is 1.91 bits per heavy atom. The van der Waals surface area contributed by atoms with Crippen molar-refractivity contribution in [1.29, 1.82) is 0 Å². The fourth-order valence-corrected chi connectivity index (χ4v) is 2.61. The van der Waals surface area contributed by atoms with Gasteiger partial charge in [-0.15, -0.1) is 0 Å². The molecule has 5 nitrogen and oxygen atoms in total. The van der Waals surface area contributed by atoms with Crippen LogP contribution >= 0.6 is 0 Å². The molecule has 1 amide bonds. The van der Waals surface area contributed by atoms with Gasteiger partial charge in [-0.1, -0.05) is 30.3 Å².